The van der Waals surface area contributed by atoms with Crippen LogP contribution in [0.15, 0.2) is 34.5 Å². The van der Waals surface area contributed by atoms with Crippen LogP contribution in [0, 0.1) is 12.8 Å². The molecule has 2 aromatic heterocycles. The van der Waals surface area contributed by atoms with Crippen LogP contribution in [0.2, 0.25) is 4.34 Å². The molecule has 5 rings (SSSR count). The number of halogens is 1. The Labute approximate surface area is 212 Å². The number of benzene rings is 1. The molecule has 11 heteroatoms. The number of carbonyl (C=O) groups is 1. The van der Waals surface area contributed by atoms with Gasteiger partial charge in [-0.1, -0.05) is 29.0 Å². The number of ether oxygens (including phenoxy) is 1. The van der Waals surface area contributed by atoms with Gasteiger partial charge in [0, 0.05) is 19.7 Å². The SMILES string of the molecule is Cc1ccc2nc(N(CC3CCCO3)C(=O)C3CCCN(S(=O)(=O)c4ccc(Cl)s4)C3)sc2c1. The number of piperidine rings is 1. The van der Waals surface area contributed by atoms with Gasteiger partial charge in [0.1, 0.15) is 4.21 Å². The second kappa shape index (κ2) is 9.83. The van der Waals surface area contributed by atoms with Gasteiger partial charge in [-0.25, -0.2) is 13.4 Å². The summed E-state index contributed by atoms with van der Waals surface area (Å²) in [4.78, 5) is 20.3. The third kappa shape index (κ3) is 4.89. The van der Waals surface area contributed by atoms with Crippen LogP contribution in [0.3, 0.4) is 0 Å². The van der Waals surface area contributed by atoms with Crippen LogP contribution in [-0.2, 0) is 19.6 Å². The summed E-state index contributed by atoms with van der Waals surface area (Å²) in [6, 6.07) is 9.18. The molecule has 0 radical (unpaired) electrons. The first-order chi connectivity index (χ1) is 16.3. The number of nitrogens with zero attached hydrogens (tertiary/aromatic N) is 3. The molecule has 2 aliphatic rings. The van der Waals surface area contributed by atoms with Crippen molar-refractivity contribution < 1.29 is 17.9 Å². The molecule has 2 saturated heterocycles. The number of thiophene rings is 1. The maximum Gasteiger partial charge on any atom is 0.252 e. The largest absolute Gasteiger partial charge is 0.376 e. The summed E-state index contributed by atoms with van der Waals surface area (Å²) >= 11 is 8.51. The lowest BCUT2D eigenvalue weighted by atomic mass is 9.98. The molecule has 182 valence electrons. The molecule has 0 aliphatic carbocycles. The van der Waals surface area contributed by atoms with Gasteiger partial charge in [0.15, 0.2) is 5.13 Å². The lowest BCUT2D eigenvalue weighted by molar-refractivity contribution is -0.123. The van der Waals surface area contributed by atoms with E-state index in [-0.39, 0.29) is 22.8 Å². The number of hydrogen-bond donors (Lipinski definition) is 0. The third-order valence-corrected chi connectivity index (χ3v) is 10.9. The maximum atomic E-state index is 13.8. The number of sulfonamides is 1. The normalized spacial score (nSPS) is 21.8. The fraction of sp³-hybridized carbons (Fsp3) is 0.478. The Morgan fingerprint density at radius 3 is 2.82 bits per heavy atom. The maximum absolute atomic E-state index is 13.8. The fourth-order valence-corrected chi connectivity index (χ4v) is 8.78. The zero-order valence-electron chi connectivity index (χ0n) is 18.8. The smallest absolute Gasteiger partial charge is 0.252 e. The van der Waals surface area contributed by atoms with E-state index in [0.717, 1.165) is 40.0 Å². The van der Waals surface area contributed by atoms with Gasteiger partial charge in [0.25, 0.3) is 10.0 Å². The zero-order chi connectivity index (χ0) is 23.9. The van der Waals surface area contributed by atoms with E-state index < -0.39 is 15.9 Å². The highest BCUT2D eigenvalue weighted by molar-refractivity contribution is 7.91. The van der Waals surface area contributed by atoms with Gasteiger partial charge in [0.05, 0.1) is 33.1 Å². The Kier molecular flexibility index (Phi) is 6.98. The Morgan fingerprint density at radius 1 is 1.24 bits per heavy atom. The first kappa shape index (κ1) is 24.1. The van der Waals surface area contributed by atoms with Crippen LogP contribution in [-0.4, -0.2) is 56.0 Å². The molecule has 0 N–H and O–H groups in total. The van der Waals surface area contributed by atoms with Gasteiger partial charge in [-0.15, -0.1) is 11.3 Å². The van der Waals surface area contributed by atoms with Gasteiger partial charge in [0.2, 0.25) is 5.91 Å². The molecule has 3 aromatic rings. The molecule has 2 fully saturated rings. The number of amides is 1. The van der Waals surface area contributed by atoms with Crippen molar-refractivity contribution in [3.05, 3.63) is 40.2 Å². The van der Waals surface area contributed by atoms with Crippen LogP contribution >= 0.6 is 34.3 Å². The number of carbonyl (C=O) groups excluding carboxylic acids is 1. The minimum atomic E-state index is -3.69. The minimum Gasteiger partial charge on any atom is -0.376 e. The highest BCUT2D eigenvalue weighted by Crippen LogP contribution is 2.34. The van der Waals surface area contributed by atoms with Gasteiger partial charge in [-0.05, 0) is 62.4 Å². The monoisotopic (exact) mass is 539 g/mol. The van der Waals surface area contributed by atoms with Crippen LogP contribution in [0.25, 0.3) is 10.2 Å². The quantitative estimate of drug-likeness (QED) is 0.443. The average molecular weight is 540 g/mol. The van der Waals surface area contributed by atoms with Gasteiger partial charge < -0.3 is 4.74 Å². The van der Waals surface area contributed by atoms with Crippen molar-refractivity contribution in [2.45, 2.75) is 42.9 Å². The predicted molar refractivity (Wildman–Crippen MR) is 136 cm³/mol. The van der Waals surface area contributed by atoms with E-state index in [9.17, 15) is 13.2 Å². The Hall–Kier alpha value is -1.56. The summed E-state index contributed by atoms with van der Waals surface area (Å²) in [6.07, 6.45) is 3.11. The summed E-state index contributed by atoms with van der Waals surface area (Å²) in [5, 5.41) is 0.645. The van der Waals surface area contributed by atoms with E-state index >= 15 is 0 Å². The molecule has 1 amide bonds. The van der Waals surface area contributed by atoms with E-state index in [4.69, 9.17) is 21.3 Å². The summed E-state index contributed by atoms with van der Waals surface area (Å²) in [5.74, 6) is -0.524. The van der Waals surface area contributed by atoms with Crippen LogP contribution in [0.5, 0.6) is 0 Å². The topological polar surface area (TPSA) is 79.8 Å². The number of anilines is 1. The molecule has 1 aromatic carbocycles. The highest BCUT2D eigenvalue weighted by atomic mass is 35.5. The van der Waals surface area contributed by atoms with E-state index in [2.05, 4.69) is 6.07 Å². The van der Waals surface area contributed by atoms with Crippen molar-refractivity contribution in [3.8, 4) is 0 Å². The summed E-state index contributed by atoms with van der Waals surface area (Å²) < 4.78 is 35.2. The van der Waals surface area contributed by atoms with Crippen LogP contribution in [0.1, 0.15) is 31.2 Å². The Balaban J connectivity index is 1.41. The lowest BCUT2D eigenvalue weighted by Crippen LogP contribution is -2.48. The molecule has 4 heterocycles. The van der Waals surface area contributed by atoms with Crippen LogP contribution < -0.4 is 4.90 Å². The molecular weight excluding hydrogens is 514 g/mol. The molecule has 2 unspecified atom stereocenters. The molecule has 2 atom stereocenters. The molecule has 2 aliphatic heterocycles. The summed E-state index contributed by atoms with van der Waals surface area (Å²) in [7, 11) is -3.69. The van der Waals surface area contributed by atoms with E-state index in [1.807, 2.05) is 19.1 Å². The van der Waals surface area contributed by atoms with Gasteiger partial charge >= 0.3 is 0 Å². The van der Waals surface area contributed by atoms with Crippen molar-refractivity contribution in [2.24, 2.45) is 5.92 Å². The highest BCUT2D eigenvalue weighted by Gasteiger charge is 2.37. The molecule has 0 bridgehead atoms. The molecule has 34 heavy (non-hydrogen) atoms. The van der Waals surface area contributed by atoms with Crippen molar-refractivity contribution in [1.82, 2.24) is 9.29 Å². The molecule has 7 nitrogen and oxygen atoms in total. The van der Waals surface area contributed by atoms with Crippen molar-refractivity contribution in [2.75, 3.05) is 31.1 Å². The molecular formula is C23H26ClN3O4S3. The van der Waals surface area contributed by atoms with Gasteiger partial charge in [-0.3, -0.25) is 9.69 Å². The number of rotatable bonds is 6. The number of hydrogen-bond acceptors (Lipinski definition) is 7. The number of aryl methyl sites for hydroxylation is 1. The summed E-state index contributed by atoms with van der Waals surface area (Å²) in [6.45, 7) is 3.72. The van der Waals surface area contributed by atoms with Gasteiger partial charge in [-0.2, -0.15) is 4.31 Å². The fourth-order valence-electron chi connectivity index (χ4n) is 4.54. The Morgan fingerprint density at radius 2 is 2.09 bits per heavy atom. The van der Waals surface area contributed by atoms with Crippen molar-refractivity contribution in [1.29, 1.82) is 0 Å². The van der Waals surface area contributed by atoms with Crippen molar-refractivity contribution in [3.63, 3.8) is 0 Å². The minimum absolute atomic E-state index is 0.0330. The summed E-state index contributed by atoms with van der Waals surface area (Å²) in [5.41, 5.74) is 2.00. The third-order valence-electron chi connectivity index (χ3n) is 6.32. The van der Waals surface area contributed by atoms with E-state index in [1.165, 1.54) is 21.7 Å². The molecule has 0 saturated carbocycles. The first-order valence-electron chi connectivity index (χ1n) is 11.4. The van der Waals surface area contributed by atoms with E-state index in [1.54, 1.807) is 11.0 Å². The predicted octanol–water partition coefficient (Wildman–Crippen LogP) is 4.93. The van der Waals surface area contributed by atoms with E-state index in [0.29, 0.717) is 42.0 Å². The second-order valence-electron chi connectivity index (χ2n) is 8.81. The molecule has 0 spiro atoms. The number of fused-ring (bicyclic) bond motifs is 1. The lowest BCUT2D eigenvalue weighted by Gasteiger charge is -2.34. The Bertz CT molecular complexity index is 1300. The van der Waals surface area contributed by atoms with Crippen LogP contribution in [0.4, 0.5) is 5.13 Å². The standard InChI is InChI=1S/C23H26ClN3O4S3/c1-15-6-7-18-19(12-15)32-23(25-18)27(14-17-5-3-11-31-17)22(28)16-4-2-10-26(13-16)34(29,30)21-9-8-20(24)33-21/h6-9,12,16-17H,2-5,10-11,13-14H2,1H3. The average Bonchev–Trinajstić information content (AvgIpc) is 3.58. The second-order valence-corrected chi connectivity index (χ2v) is 13.7. The first-order valence-corrected chi connectivity index (χ1v) is 14.8. The number of thiazole rings is 1. The van der Waals surface area contributed by atoms with Crippen molar-refractivity contribution >= 4 is 65.6 Å². The zero-order valence-corrected chi connectivity index (χ0v) is 22.0. The number of aromatic nitrogens is 1.